The Morgan fingerprint density at radius 3 is 2.09 bits per heavy atom. The number of likely N-dealkylation sites (tertiary alicyclic amines) is 1. The summed E-state index contributed by atoms with van der Waals surface area (Å²) in [7, 11) is 0. The summed E-state index contributed by atoms with van der Waals surface area (Å²) in [5.41, 5.74) is 3.78. The van der Waals surface area contributed by atoms with Gasteiger partial charge in [0.15, 0.2) is 0 Å². The first-order valence-corrected chi connectivity index (χ1v) is 8.97. The Hall–Kier alpha value is -1.35. The highest BCUT2D eigenvalue weighted by atomic mass is 35.5. The molecule has 0 atom stereocenters. The van der Waals surface area contributed by atoms with E-state index in [0.717, 1.165) is 18.1 Å². The molecular formula is C20H25ClN2. The zero-order valence-corrected chi connectivity index (χ0v) is 14.4. The molecule has 23 heavy (non-hydrogen) atoms. The van der Waals surface area contributed by atoms with Crippen molar-refractivity contribution >= 4 is 11.6 Å². The summed E-state index contributed by atoms with van der Waals surface area (Å²) in [6, 6.07) is 16.8. The van der Waals surface area contributed by atoms with Crippen molar-refractivity contribution in [2.24, 2.45) is 0 Å². The minimum absolute atomic E-state index is 0.781. The van der Waals surface area contributed by atoms with Gasteiger partial charge in [0.2, 0.25) is 0 Å². The number of hydrogen-bond donors (Lipinski definition) is 1. The summed E-state index contributed by atoms with van der Waals surface area (Å²) >= 11 is 5.94. The van der Waals surface area contributed by atoms with Crippen molar-refractivity contribution in [1.29, 1.82) is 0 Å². The van der Waals surface area contributed by atoms with Crippen LogP contribution in [0.3, 0.4) is 0 Å². The smallest absolute Gasteiger partial charge is 0.0406 e. The van der Waals surface area contributed by atoms with Gasteiger partial charge in [0.1, 0.15) is 0 Å². The molecule has 2 nitrogen and oxygen atoms in total. The van der Waals surface area contributed by atoms with Gasteiger partial charge in [-0.15, -0.1) is 0 Å². The molecule has 0 spiro atoms. The molecule has 1 fully saturated rings. The SMILES string of the molecule is Clc1ccc(-c2ccc(CNCCN3CCCCC3)cc2)cc1. The Bertz CT molecular complexity index is 586. The van der Waals surface area contributed by atoms with Crippen molar-refractivity contribution in [3.8, 4) is 11.1 Å². The third-order valence-corrected chi connectivity index (χ3v) is 4.77. The van der Waals surface area contributed by atoms with Crippen LogP contribution < -0.4 is 5.32 Å². The van der Waals surface area contributed by atoms with Gasteiger partial charge in [-0.1, -0.05) is 54.4 Å². The van der Waals surface area contributed by atoms with Gasteiger partial charge in [0, 0.05) is 24.7 Å². The van der Waals surface area contributed by atoms with Gasteiger partial charge >= 0.3 is 0 Å². The molecule has 1 N–H and O–H groups in total. The fraction of sp³-hybridized carbons (Fsp3) is 0.400. The van der Waals surface area contributed by atoms with Crippen LogP contribution in [0, 0.1) is 0 Å². The number of hydrogen-bond acceptors (Lipinski definition) is 2. The molecule has 0 unspecified atom stereocenters. The molecule has 0 bridgehead atoms. The van der Waals surface area contributed by atoms with E-state index in [0.29, 0.717) is 0 Å². The van der Waals surface area contributed by atoms with Crippen LogP contribution in [0.1, 0.15) is 24.8 Å². The van der Waals surface area contributed by atoms with Crippen molar-refractivity contribution in [2.45, 2.75) is 25.8 Å². The van der Waals surface area contributed by atoms with E-state index in [9.17, 15) is 0 Å². The van der Waals surface area contributed by atoms with E-state index in [1.807, 2.05) is 12.1 Å². The highest BCUT2D eigenvalue weighted by Gasteiger charge is 2.08. The molecular weight excluding hydrogens is 304 g/mol. The predicted octanol–water partition coefficient (Wildman–Crippen LogP) is 4.58. The Kier molecular flexibility index (Phi) is 6.09. The molecule has 2 aromatic carbocycles. The van der Waals surface area contributed by atoms with E-state index in [1.165, 1.54) is 55.6 Å². The molecule has 0 radical (unpaired) electrons. The zero-order chi connectivity index (χ0) is 15.9. The largest absolute Gasteiger partial charge is 0.311 e. The molecule has 1 saturated heterocycles. The maximum atomic E-state index is 5.94. The zero-order valence-electron chi connectivity index (χ0n) is 13.6. The highest BCUT2D eigenvalue weighted by Crippen LogP contribution is 2.21. The van der Waals surface area contributed by atoms with Crippen LogP contribution in [0.4, 0.5) is 0 Å². The van der Waals surface area contributed by atoms with Crippen LogP contribution in [-0.2, 0) is 6.54 Å². The molecule has 3 heteroatoms. The van der Waals surface area contributed by atoms with E-state index >= 15 is 0 Å². The molecule has 2 aromatic rings. The van der Waals surface area contributed by atoms with Crippen LogP contribution >= 0.6 is 11.6 Å². The lowest BCUT2D eigenvalue weighted by molar-refractivity contribution is 0.229. The van der Waals surface area contributed by atoms with Gasteiger partial charge in [-0.2, -0.15) is 0 Å². The minimum atomic E-state index is 0.781. The maximum absolute atomic E-state index is 5.94. The minimum Gasteiger partial charge on any atom is -0.311 e. The number of nitrogens with zero attached hydrogens (tertiary/aromatic N) is 1. The summed E-state index contributed by atoms with van der Waals surface area (Å²) in [5, 5.41) is 4.34. The van der Waals surface area contributed by atoms with Crippen molar-refractivity contribution in [2.75, 3.05) is 26.2 Å². The second-order valence-corrected chi connectivity index (χ2v) is 6.72. The fourth-order valence-corrected chi connectivity index (χ4v) is 3.24. The monoisotopic (exact) mass is 328 g/mol. The van der Waals surface area contributed by atoms with E-state index < -0.39 is 0 Å². The molecule has 3 rings (SSSR count). The first-order chi connectivity index (χ1) is 11.3. The lowest BCUT2D eigenvalue weighted by Gasteiger charge is -2.26. The van der Waals surface area contributed by atoms with Crippen LogP contribution in [0.15, 0.2) is 48.5 Å². The topological polar surface area (TPSA) is 15.3 Å². The Morgan fingerprint density at radius 1 is 0.826 bits per heavy atom. The van der Waals surface area contributed by atoms with Gasteiger partial charge in [-0.3, -0.25) is 0 Å². The van der Waals surface area contributed by atoms with Crippen LogP contribution in [0.25, 0.3) is 11.1 Å². The molecule has 0 amide bonds. The molecule has 1 heterocycles. The van der Waals surface area contributed by atoms with Crippen molar-refractivity contribution in [3.63, 3.8) is 0 Å². The van der Waals surface area contributed by atoms with E-state index in [-0.39, 0.29) is 0 Å². The molecule has 0 aliphatic carbocycles. The third-order valence-electron chi connectivity index (χ3n) is 4.51. The lowest BCUT2D eigenvalue weighted by Crippen LogP contribution is -2.35. The third kappa shape index (κ3) is 5.07. The van der Waals surface area contributed by atoms with Crippen molar-refractivity contribution < 1.29 is 0 Å². The summed E-state index contributed by atoms with van der Waals surface area (Å²) < 4.78 is 0. The van der Waals surface area contributed by atoms with E-state index in [4.69, 9.17) is 11.6 Å². The summed E-state index contributed by atoms with van der Waals surface area (Å²) in [4.78, 5) is 2.57. The second kappa shape index (κ2) is 8.49. The summed E-state index contributed by atoms with van der Waals surface area (Å²) in [6.07, 6.45) is 4.14. The van der Waals surface area contributed by atoms with Crippen LogP contribution in [-0.4, -0.2) is 31.1 Å². The molecule has 0 saturated carbocycles. The van der Waals surface area contributed by atoms with Crippen molar-refractivity contribution in [1.82, 2.24) is 10.2 Å². The normalized spacial score (nSPS) is 15.7. The lowest BCUT2D eigenvalue weighted by atomic mass is 10.0. The number of piperidine rings is 1. The highest BCUT2D eigenvalue weighted by molar-refractivity contribution is 6.30. The number of benzene rings is 2. The summed E-state index contributed by atoms with van der Waals surface area (Å²) in [6.45, 7) is 5.73. The molecule has 122 valence electrons. The van der Waals surface area contributed by atoms with Gasteiger partial charge in [-0.05, 0) is 54.8 Å². The molecule has 1 aliphatic heterocycles. The van der Waals surface area contributed by atoms with Gasteiger partial charge in [0.05, 0.1) is 0 Å². The number of halogens is 1. The Balaban J connectivity index is 1.45. The van der Waals surface area contributed by atoms with Crippen LogP contribution in [0.5, 0.6) is 0 Å². The molecule has 1 aliphatic rings. The first kappa shape index (κ1) is 16.5. The predicted molar refractivity (Wildman–Crippen MR) is 98.9 cm³/mol. The summed E-state index contributed by atoms with van der Waals surface area (Å²) in [5.74, 6) is 0. The van der Waals surface area contributed by atoms with E-state index in [2.05, 4.69) is 46.6 Å². The average Bonchev–Trinajstić information content (AvgIpc) is 2.61. The quantitative estimate of drug-likeness (QED) is 0.781. The Labute approximate surface area is 144 Å². The maximum Gasteiger partial charge on any atom is 0.0406 e. The Morgan fingerprint density at radius 2 is 1.43 bits per heavy atom. The fourth-order valence-electron chi connectivity index (χ4n) is 3.11. The molecule has 0 aromatic heterocycles. The van der Waals surface area contributed by atoms with E-state index in [1.54, 1.807) is 0 Å². The van der Waals surface area contributed by atoms with Crippen LogP contribution in [0.2, 0.25) is 5.02 Å². The standard InChI is InChI=1S/C20H25ClN2/c21-20-10-8-19(9-11-20)18-6-4-17(5-7-18)16-22-12-15-23-13-2-1-3-14-23/h4-11,22H,1-3,12-16H2. The number of nitrogens with one attached hydrogen (secondary N) is 1. The first-order valence-electron chi connectivity index (χ1n) is 8.59. The van der Waals surface area contributed by atoms with Gasteiger partial charge in [-0.25, -0.2) is 0 Å². The number of rotatable bonds is 6. The second-order valence-electron chi connectivity index (χ2n) is 6.28. The van der Waals surface area contributed by atoms with Crippen molar-refractivity contribution in [3.05, 3.63) is 59.1 Å². The van der Waals surface area contributed by atoms with Gasteiger partial charge in [0.25, 0.3) is 0 Å². The van der Waals surface area contributed by atoms with Gasteiger partial charge < -0.3 is 10.2 Å². The average molecular weight is 329 g/mol.